The monoisotopic (exact) mass is 322 g/mol. The summed E-state index contributed by atoms with van der Waals surface area (Å²) in [4.78, 5) is 29.7. The lowest BCUT2D eigenvalue weighted by Crippen LogP contribution is -1.91. The average Bonchev–Trinajstić information content (AvgIpc) is 2.49. The molecule has 6 heteroatoms. The SMILES string of the molecule is Cc1cccc(SCCCN=C=O)c1SCCCN=C=O. The van der Waals surface area contributed by atoms with Gasteiger partial charge in [-0.15, -0.1) is 23.5 Å². The molecule has 0 aliphatic rings. The van der Waals surface area contributed by atoms with E-state index in [0.717, 1.165) is 24.3 Å². The van der Waals surface area contributed by atoms with Gasteiger partial charge in [-0.1, -0.05) is 12.1 Å². The number of isocyanates is 2. The van der Waals surface area contributed by atoms with Crippen LogP contribution >= 0.6 is 23.5 Å². The van der Waals surface area contributed by atoms with Crippen molar-refractivity contribution in [2.45, 2.75) is 29.6 Å². The highest BCUT2D eigenvalue weighted by atomic mass is 32.2. The fourth-order valence-electron chi connectivity index (χ4n) is 1.66. The van der Waals surface area contributed by atoms with Crippen molar-refractivity contribution in [1.29, 1.82) is 0 Å². The largest absolute Gasteiger partial charge is 0.234 e. The number of aryl methyl sites for hydroxylation is 1. The van der Waals surface area contributed by atoms with E-state index in [2.05, 4.69) is 35.1 Å². The molecule has 1 aromatic rings. The van der Waals surface area contributed by atoms with E-state index < -0.39 is 0 Å². The van der Waals surface area contributed by atoms with E-state index in [1.54, 1.807) is 35.7 Å². The Kier molecular flexibility index (Phi) is 9.58. The fraction of sp³-hybridized carbons (Fsp3) is 0.467. The Morgan fingerprint density at radius 3 is 2.24 bits per heavy atom. The second-order valence-electron chi connectivity index (χ2n) is 4.25. The summed E-state index contributed by atoms with van der Waals surface area (Å²) >= 11 is 3.58. The van der Waals surface area contributed by atoms with Gasteiger partial charge in [-0.3, -0.25) is 0 Å². The molecule has 0 N–H and O–H groups in total. The third-order valence-electron chi connectivity index (χ3n) is 2.64. The second kappa shape index (κ2) is 11.4. The van der Waals surface area contributed by atoms with Crippen LogP contribution in [-0.2, 0) is 9.59 Å². The number of nitrogens with zero attached hydrogens (tertiary/aromatic N) is 2. The van der Waals surface area contributed by atoms with Crippen LogP contribution in [0.2, 0.25) is 0 Å². The third-order valence-corrected chi connectivity index (χ3v) is 5.23. The molecular weight excluding hydrogens is 304 g/mol. The van der Waals surface area contributed by atoms with Gasteiger partial charge in [0.1, 0.15) is 0 Å². The maximum absolute atomic E-state index is 10.0. The van der Waals surface area contributed by atoms with Gasteiger partial charge in [0, 0.05) is 9.79 Å². The first-order chi connectivity index (χ1) is 10.3. The highest BCUT2D eigenvalue weighted by Gasteiger charge is 2.06. The zero-order valence-corrected chi connectivity index (χ0v) is 13.6. The van der Waals surface area contributed by atoms with E-state index in [-0.39, 0.29) is 0 Å². The Morgan fingerprint density at radius 2 is 1.62 bits per heavy atom. The average molecular weight is 322 g/mol. The molecule has 0 heterocycles. The van der Waals surface area contributed by atoms with Crippen molar-refractivity contribution >= 4 is 35.7 Å². The van der Waals surface area contributed by atoms with Crippen molar-refractivity contribution in [2.75, 3.05) is 24.6 Å². The molecule has 0 radical (unpaired) electrons. The molecule has 0 fully saturated rings. The van der Waals surface area contributed by atoms with Crippen LogP contribution in [0.25, 0.3) is 0 Å². The van der Waals surface area contributed by atoms with Gasteiger partial charge in [0.2, 0.25) is 12.2 Å². The molecule has 0 saturated heterocycles. The van der Waals surface area contributed by atoms with Crippen molar-refractivity contribution in [1.82, 2.24) is 0 Å². The third kappa shape index (κ3) is 7.30. The minimum absolute atomic E-state index is 0.536. The minimum Gasteiger partial charge on any atom is -0.211 e. The van der Waals surface area contributed by atoms with Crippen molar-refractivity contribution in [3.8, 4) is 0 Å². The smallest absolute Gasteiger partial charge is 0.211 e. The Labute approximate surface area is 133 Å². The first-order valence-corrected chi connectivity index (χ1v) is 8.69. The number of rotatable bonds is 10. The van der Waals surface area contributed by atoms with Crippen LogP contribution in [0.3, 0.4) is 0 Å². The van der Waals surface area contributed by atoms with Crippen LogP contribution in [0.1, 0.15) is 18.4 Å². The van der Waals surface area contributed by atoms with Crippen molar-refractivity contribution < 1.29 is 9.59 Å². The van der Waals surface area contributed by atoms with Crippen molar-refractivity contribution in [3.63, 3.8) is 0 Å². The summed E-state index contributed by atoms with van der Waals surface area (Å²) in [5.74, 6) is 1.86. The number of benzene rings is 1. The van der Waals surface area contributed by atoms with E-state index >= 15 is 0 Å². The van der Waals surface area contributed by atoms with Gasteiger partial charge in [0.05, 0.1) is 13.1 Å². The molecule has 112 valence electrons. The molecule has 0 unspecified atom stereocenters. The van der Waals surface area contributed by atoms with Gasteiger partial charge in [0.15, 0.2) is 0 Å². The highest BCUT2D eigenvalue weighted by molar-refractivity contribution is 8.02. The Morgan fingerprint density at radius 1 is 1.00 bits per heavy atom. The number of hydrogen-bond donors (Lipinski definition) is 0. The lowest BCUT2D eigenvalue weighted by Gasteiger charge is -2.11. The summed E-state index contributed by atoms with van der Waals surface area (Å²) in [5.41, 5.74) is 1.26. The Balaban J connectivity index is 2.52. The first kappa shape index (κ1) is 17.7. The van der Waals surface area contributed by atoms with Gasteiger partial charge < -0.3 is 0 Å². The number of carbonyl (C=O) groups excluding carboxylic acids is 2. The lowest BCUT2D eigenvalue weighted by molar-refractivity contribution is 0.562. The van der Waals surface area contributed by atoms with E-state index in [4.69, 9.17) is 0 Å². The standard InChI is InChI=1S/C15H18N2O2S2/c1-13-5-2-6-14(20-9-3-7-16-11-18)15(13)21-10-4-8-17-12-19/h2,5-6H,3-4,7-10H2,1H3. The van der Waals surface area contributed by atoms with Crippen molar-refractivity contribution in [2.24, 2.45) is 9.98 Å². The molecule has 1 rings (SSSR count). The van der Waals surface area contributed by atoms with Gasteiger partial charge in [-0.25, -0.2) is 19.6 Å². The predicted molar refractivity (Wildman–Crippen MR) is 87.8 cm³/mol. The topological polar surface area (TPSA) is 58.9 Å². The van der Waals surface area contributed by atoms with Gasteiger partial charge >= 0.3 is 0 Å². The van der Waals surface area contributed by atoms with E-state index in [1.807, 2.05) is 0 Å². The number of hydrogen-bond acceptors (Lipinski definition) is 6. The highest BCUT2D eigenvalue weighted by Crippen LogP contribution is 2.34. The predicted octanol–water partition coefficient (Wildman–Crippen LogP) is 3.63. The maximum Gasteiger partial charge on any atom is 0.234 e. The van der Waals surface area contributed by atoms with Crippen LogP contribution in [-0.4, -0.2) is 36.8 Å². The normalized spacial score (nSPS) is 9.76. The van der Waals surface area contributed by atoms with Crippen LogP contribution in [0.5, 0.6) is 0 Å². The number of aliphatic imine (C=N–C) groups is 2. The molecule has 0 bridgehead atoms. The molecule has 21 heavy (non-hydrogen) atoms. The maximum atomic E-state index is 10.0. The molecule has 4 nitrogen and oxygen atoms in total. The van der Waals surface area contributed by atoms with Gasteiger partial charge in [0.25, 0.3) is 0 Å². The minimum atomic E-state index is 0.536. The Bertz CT molecular complexity index is 536. The van der Waals surface area contributed by atoms with Crippen LogP contribution in [0, 0.1) is 6.92 Å². The Hall–Kier alpha value is -1.32. The molecule has 0 aliphatic carbocycles. The zero-order chi connectivity index (χ0) is 15.3. The van der Waals surface area contributed by atoms with Crippen molar-refractivity contribution in [3.05, 3.63) is 23.8 Å². The second-order valence-corrected chi connectivity index (χ2v) is 6.49. The summed E-state index contributed by atoms with van der Waals surface area (Å²) in [6.45, 7) is 3.18. The quantitative estimate of drug-likeness (QED) is 0.286. The summed E-state index contributed by atoms with van der Waals surface area (Å²) in [6, 6.07) is 6.28. The lowest BCUT2D eigenvalue weighted by atomic mass is 10.2. The fourth-order valence-corrected chi connectivity index (χ4v) is 3.96. The molecule has 0 spiro atoms. The summed E-state index contributed by atoms with van der Waals surface area (Å²) in [5, 5.41) is 0. The summed E-state index contributed by atoms with van der Waals surface area (Å²) in [7, 11) is 0. The molecule has 1 aromatic carbocycles. The summed E-state index contributed by atoms with van der Waals surface area (Å²) < 4.78 is 0. The molecule has 0 aromatic heterocycles. The van der Waals surface area contributed by atoms with Crippen LogP contribution in [0.4, 0.5) is 0 Å². The molecule has 0 saturated carbocycles. The van der Waals surface area contributed by atoms with E-state index in [9.17, 15) is 9.59 Å². The zero-order valence-electron chi connectivity index (χ0n) is 12.0. The van der Waals surface area contributed by atoms with Crippen LogP contribution in [0.15, 0.2) is 38.0 Å². The molecule has 0 aliphatic heterocycles. The van der Waals surface area contributed by atoms with Gasteiger partial charge in [-0.05, 0) is 42.9 Å². The summed E-state index contributed by atoms with van der Waals surface area (Å²) in [6.07, 6.45) is 4.85. The van der Waals surface area contributed by atoms with E-state index in [1.165, 1.54) is 15.4 Å². The first-order valence-electron chi connectivity index (χ1n) is 6.72. The molecule has 0 amide bonds. The van der Waals surface area contributed by atoms with Crippen LogP contribution < -0.4 is 0 Å². The number of thioether (sulfide) groups is 2. The van der Waals surface area contributed by atoms with Gasteiger partial charge in [-0.2, -0.15) is 0 Å². The molecular formula is C15H18N2O2S2. The molecule has 0 atom stereocenters. The van der Waals surface area contributed by atoms with E-state index in [0.29, 0.717) is 13.1 Å².